The molecule has 214 valence electrons. The fraction of sp³-hybridized carbons (Fsp3) is 0.172. The number of ether oxygens (including phenoxy) is 2. The van der Waals surface area contributed by atoms with Crippen molar-refractivity contribution in [3.05, 3.63) is 100 Å². The van der Waals surface area contributed by atoms with Crippen LogP contribution in [0.3, 0.4) is 0 Å². The van der Waals surface area contributed by atoms with Gasteiger partial charge in [-0.1, -0.05) is 17.7 Å². The number of pyridine rings is 1. The zero-order valence-corrected chi connectivity index (χ0v) is 23.2. The number of hydrogen-bond donors (Lipinski definition) is 2. The number of sulfonamides is 1. The van der Waals surface area contributed by atoms with Gasteiger partial charge >= 0.3 is 0 Å². The molecule has 0 atom stereocenters. The topological polar surface area (TPSA) is 116 Å². The molecule has 0 spiro atoms. The lowest BCUT2D eigenvalue weighted by molar-refractivity contribution is -0.115. The maximum atomic E-state index is 14.4. The lowest BCUT2D eigenvalue weighted by Gasteiger charge is -2.17. The molecule has 0 fully saturated rings. The summed E-state index contributed by atoms with van der Waals surface area (Å²) in [4.78, 5) is 25.0. The molecule has 0 saturated heterocycles. The van der Waals surface area contributed by atoms with E-state index in [1.165, 1.54) is 54.2 Å². The van der Waals surface area contributed by atoms with Gasteiger partial charge in [0.15, 0.2) is 11.6 Å². The van der Waals surface area contributed by atoms with Crippen LogP contribution < -0.4 is 25.1 Å². The number of rotatable bonds is 10. The molecule has 0 unspecified atom stereocenters. The van der Waals surface area contributed by atoms with Gasteiger partial charge in [-0.05, 0) is 56.3 Å². The van der Waals surface area contributed by atoms with Gasteiger partial charge in [0.05, 0.1) is 18.0 Å². The van der Waals surface area contributed by atoms with Gasteiger partial charge in [0.25, 0.3) is 5.56 Å². The lowest BCUT2D eigenvalue weighted by atomic mass is 10.0. The van der Waals surface area contributed by atoms with Crippen LogP contribution in [0.4, 0.5) is 14.5 Å². The number of benzene rings is 3. The predicted octanol–water partition coefficient (Wildman–Crippen LogP) is 4.75. The zero-order valence-electron chi connectivity index (χ0n) is 22.4. The van der Waals surface area contributed by atoms with E-state index >= 15 is 0 Å². The smallest absolute Gasteiger partial charge is 0.254 e. The number of nitrogens with zero attached hydrogens (tertiary/aromatic N) is 1. The third kappa shape index (κ3) is 7.16. The molecule has 0 bridgehead atoms. The molecule has 0 radical (unpaired) electrons. The van der Waals surface area contributed by atoms with E-state index in [0.717, 1.165) is 17.7 Å². The molecule has 0 aliphatic carbocycles. The minimum atomic E-state index is -3.93. The highest BCUT2D eigenvalue weighted by Crippen LogP contribution is 2.40. The van der Waals surface area contributed by atoms with Gasteiger partial charge < -0.3 is 19.4 Å². The summed E-state index contributed by atoms with van der Waals surface area (Å²) in [6.07, 6.45) is 1.50. The average Bonchev–Trinajstić information content (AvgIpc) is 2.92. The number of carbonyl (C=O) groups is 1. The quantitative estimate of drug-likeness (QED) is 0.279. The van der Waals surface area contributed by atoms with Crippen LogP contribution in [0.1, 0.15) is 12.5 Å². The molecule has 1 heterocycles. The fourth-order valence-corrected chi connectivity index (χ4v) is 4.82. The molecule has 4 aromatic rings. The van der Waals surface area contributed by atoms with Crippen molar-refractivity contribution in [2.75, 3.05) is 18.5 Å². The van der Waals surface area contributed by atoms with Gasteiger partial charge in [-0.2, -0.15) is 0 Å². The summed E-state index contributed by atoms with van der Waals surface area (Å²) in [5.74, 6) is -2.28. The third-order valence-corrected chi connectivity index (χ3v) is 7.33. The van der Waals surface area contributed by atoms with Crippen molar-refractivity contribution >= 4 is 21.6 Å². The van der Waals surface area contributed by atoms with E-state index in [1.807, 2.05) is 6.92 Å². The van der Waals surface area contributed by atoms with Gasteiger partial charge in [0.1, 0.15) is 17.3 Å². The predicted molar refractivity (Wildman–Crippen MR) is 150 cm³/mol. The maximum absolute atomic E-state index is 14.4. The highest BCUT2D eigenvalue weighted by molar-refractivity contribution is 7.89. The van der Waals surface area contributed by atoms with Crippen molar-refractivity contribution in [3.63, 3.8) is 0 Å². The molecule has 1 aromatic heterocycles. The van der Waals surface area contributed by atoms with Gasteiger partial charge in [-0.15, -0.1) is 0 Å². The number of halogens is 2. The monoisotopic (exact) mass is 583 g/mol. The molecule has 41 heavy (non-hydrogen) atoms. The summed E-state index contributed by atoms with van der Waals surface area (Å²) in [6.45, 7) is 3.25. The Morgan fingerprint density at radius 1 is 0.927 bits per heavy atom. The van der Waals surface area contributed by atoms with Crippen LogP contribution in [0, 0.1) is 18.6 Å². The third-order valence-electron chi connectivity index (χ3n) is 5.91. The van der Waals surface area contributed by atoms with E-state index < -0.39 is 34.1 Å². The molecule has 0 aliphatic rings. The molecule has 9 nitrogen and oxygen atoms in total. The van der Waals surface area contributed by atoms with Crippen molar-refractivity contribution in [1.29, 1.82) is 0 Å². The summed E-state index contributed by atoms with van der Waals surface area (Å²) in [5, 5.41) is 2.62. The molecular formula is C29H27F2N3O6S. The summed E-state index contributed by atoms with van der Waals surface area (Å²) in [7, 11) is -2.39. The van der Waals surface area contributed by atoms with Crippen LogP contribution in [0.15, 0.2) is 82.6 Å². The van der Waals surface area contributed by atoms with Gasteiger partial charge in [-0.3, -0.25) is 9.59 Å². The summed E-state index contributed by atoms with van der Waals surface area (Å²) < 4.78 is 68.0. The van der Waals surface area contributed by atoms with Crippen LogP contribution in [0.25, 0.3) is 11.1 Å². The number of carbonyl (C=O) groups excluding carboxylic acids is 1. The lowest BCUT2D eigenvalue weighted by Crippen LogP contribution is -2.32. The number of amides is 1. The van der Waals surface area contributed by atoms with Crippen LogP contribution in [0.5, 0.6) is 17.2 Å². The van der Waals surface area contributed by atoms with E-state index in [2.05, 4.69) is 10.0 Å². The first-order valence-corrected chi connectivity index (χ1v) is 13.9. The minimum absolute atomic E-state index is 0.0193. The number of aryl methyl sites for hydroxylation is 2. The molecule has 12 heteroatoms. The van der Waals surface area contributed by atoms with E-state index in [0.29, 0.717) is 17.2 Å². The second-order valence-corrected chi connectivity index (χ2v) is 10.8. The molecule has 0 saturated carbocycles. The molecule has 2 N–H and O–H groups in total. The van der Waals surface area contributed by atoms with Crippen LogP contribution >= 0.6 is 0 Å². The Bertz CT molecular complexity index is 1760. The number of nitrogens with one attached hydrogen (secondary N) is 2. The minimum Gasteiger partial charge on any atom is -0.493 e. The second kappa shape index (κ2) is 12.3. The summed E-state index contributed by atoms with van der Waals surface area (Å²) in [6, 6.07) is 14.7. The SMILES string of the molecule is CCOc1cc(=O)n(C)cc1-c1cc(NC(=O)CNS(=O)(=O)c2ccc(C)cc2)ccc1Oc1ccc(F)cc1F. The number of hydrogen-bond acceptors (Lipinski definition) is 6. The maximum Gasteiger partial charge on any atom is 0.254 e. The Kier molecular flexibility index (Phi) is 8.84. The van der Waals surface area contributed by atoms with Crippen molar-refractivity contribution in [1.82, 2.24) is 9.29 Å². The zero-order chi connectivity index (χ0) is 29.7. The largest absolute Gasteiger partial charge is 0.493 e. The first-order valence-electron chi connectivity index (χ1n) is 12.4. The Balaban J connectivity index is 1.66. The summed E-state index contributed by atoms with van der Waals surface area (Å²) in [5.41, 5.74) is 1.50. The molecule has 3 aromatic carbocycles. The molecule has 1 amide bonds. The van der Waals surface area contributed by atoms with E-state index in [4.69, 9.17) is 9.47 Å². The van der Waals surface area contributed by atoms with Gasteiger partial charge in [-0.25, -0.2) is 21.9 Å². The average molecular weight is 584 g/mol. The molecule has 4 rings (SSSR count). The molecule has 0 aliphatic heterocycles. The first kappa shape index (κ1) is 29.4. The highest BCUT2D eigenvalue weighted by Gasteiger charge is 2.19. The van der Waals surface area contributed by atoms with Crippen molar-refractivity contribution < 1.29 is 31.5 Å². The van der Waals surface area contributed by atoms with Crippen molar-refractivity contribution in [2.24, 2.45) is 7.05 Å². The first-order chi connectivity index (χ1) is 19.5. The normalized spacial score (nSPS) is 11.2. The van der Waals surface area contributed by atoms with E-state index in [-0.39, 0.29) is 40.0 Å². The Labute approximate surface area is 235 Å². The Hall–Kier alpha value is -4.55. The van der Waals surface area contributed by atoms with E-state index in [1.54, 1.807) is 19.1 Å². The van der Waals surface area contributed by atoms with Gasteiger partial charge in [0, 0.05) is 42.2 Å². The highest BCUT2D eigenvalue weighted by atomic mass is 32.2. The fourth-order valence-electron chi connectivity index (χ4n) is 3.84. The van der Waals surface area contributed by atoms with Crippen LogP contribution in [-0.2, 0) is 21.9 Å². The standard InChI is InChI=1S/C29H27F2N3O6S/c1-4-39-27-15-29(36)34(3)17-23(27)22-14-20(8-12-25(22)40-26-11-7-19(30)13-24(26)31)33-28(35)16-32-41(37,38)21-9-5-18(2)6-10-21/h5-15,17,32H,4,16H2,1-3H3,(H,33,35). The van der Waals surface area contributed by atoms with Crippen LogP contribution in [-0.4, -0.2) is 32.0 Å². The Morgan fingerprint density at radius 2 is 1.63 bits per heavy atom. The van der Waals surface area contributed by atoms with Crippen molar-refractivity contribution in [2.45, 2.75) is 18.7 Å². The molecular weight excluding hydrogens is 556 g/mol. The Morgan fingerprint density at radius 3 is 2.32 bits per heavy atom. The van der Waals surface area contributed by atoms with E-state index in [9.17, 15) is 26.8 Å². The second-order valence-electron chi connectivity index (χ2n) is 9.01. The number of anilines is 1. The van der Waals surface area contributed by atoms with Crippen molar-refractivity contribution in [3.8, 4) is 28.4 Å². The summed E-state index contributed by atoms with van der Waals surface area (Å²) >= 11 is 0. The number of aromatic nitrogens is 1. The van der Waals surface area contributed by atoms with Gasteiger partial charge in [0.2, 0.25) is 15.9 Å². The van der Waals surface area contributed by atoms with Crippen LogP contribution in [0.2, 0.25) is 0 Å².